The van der Waals surface area contributed by atoms with Gasteiger partial charge in [-0.1, -0.05) is 20.8 Å². The molecule has 0 aliphatic heterocycles. The van der Waals surface area contributed by atoms with Crippen LogP contribution in [0.2, 0.25) is 0 Å². The van der Waals surface area contributed by atoms with Crippen LogP contribution in [0.15, 0.2) is 0 Å². The van der Waals surface area contributed by atoms with E-state index in [9.17, 15) is 4.79 Å². The number of carbonyl (C=O) groups is 1. The molecule has 0 saturated carbocycles. The smallest absolute Gasteiger partial charge is 0.325 e. The number of carbonyl (C=O) groups excluding carboxylic acids is 1. The van der Waals surface area contributed by atoms with Gasteiger partial charge >= 0.3 is 5.97 Å². The maximum atomic E-state index is 11.3. The molecule has 0 aromatic carbocycles. The molecule has 0 N–H and O–H groups in total. The second-order valence-electron chi connectivity index (χ2n) is 4.09. The number of aromatic nitrogens is 2. The molecule has 1 rings (SSSR count). The first-order valence-electron chi connectivity index (χ1n) is 5.73. The van der Waals surface area contributed by atoms with Gasteiger partial charge in [0.1, 0.15) is 12.4 Å². The van der Waals surface area contributed by atoms with Crippen molar-refractivity contribution in [3.63, 3.8) is 0 Å². The lowest BCUT2D eigenvalue weighted by Gasteiger charge is -2.18. The lowest BCUT2D eigenvalue weighted by molar-refractivity contribution is -0.138. The van der Waals surface area contributed by atoms with Crippen LogP contribution in [0.3, 0.4) is 0 Å². The minimum absolute atomic E-state index is 0.233. The van der Waals surface area contributed by atoms with Crippen molar-refractivity contribution >= 4 is 22.6 Å². The van der Waals surface area contributed by atoms with Crippen LogP contribution in [-0.4, -0.2) is 35.5 Å². The Morgan fingerprint density at radius 3 is 2.71 bits per heavy atom. The monoisotopic (exact) mass is 257 g/mol. The fraction of sp³-hybridized carbons (Fsp3) is 0.727. The highest BCUT2D eigenvalue weighted by Gasteiger charge is 2.16. The average molecular weight is 257 g/mol. The van der Waals surface area contributed by atoms with Crippen molar-refractivity contribution in [2.24, 2.45) is 0 Å². The summed E-state index contributed by atoms with van der Waals surface area (Å²) in [5.74, 6) is 0.886. The van der Waals surface area contributed by atoms with Gasteiger partial charge in [0.15, 0.2) is 0 Å². The highest BCUT2D eigenvalue weighted by atomic mass is 32.1. The van der Waals surface area contributed by atoms with E-state index in [1.54, 1.807) is 0 Å². The van der Waals surface area contributed by atoms with Gasteiger partial charge in [-0.15, -0.1) is 0 Å². The molecule has 0 spiro atoms. The summed E-state index contributed by atoms with van der Waals surface area (Å²) in [5, 5.41) is 0.793. The highest BCUT2D eigenvalue weighted by molar-refractivity contribution is 7.09. The van der Waals surface area contributed by atoms with Crippen molar-refractivity contribution in [3.05, 3.63) is 5.82 Å². The highest BCUT2D eigenvalue weighted by Crippen LogP contribution is 2.21. The van der Waals surface area contributed by atoms with Gasteiger partial charge in [0, 0.05) is 24.0 Å². The molecule has 5 nitrogen and oxygen atoms in total. The van der Waals surface area contributed by atoms with Gasteiger partial charge in [-0.3, -0.25) is 4.79 Å². The van der Waals surface area contributed by atoms with Crippen LogP contribution in [0.5, 0.6) is 0 Å². The summed E-state index contributed by atoms with van der Waals surface area (Å²) in [6.07, 6.45) is 0.952. The van der Waals surface area contributed by atoms with Gasteiger partial charge in [0.25, 0.3) is 0 Å². The number of nitrogens with zero attached hydrogens (tertiary/aromatic N) is 3. The maximum absolute atomic E-state index is 11.3. The van der Waals surface area contributed by atoms with Crippen molar-refractivity contribution in [3.8, 4) is 0 Å². The minimum Gasteiger partial charge on any atom is -0.468 e. The van der Waals surface area contributed by atoms with E-state index in [-0.39, 0.29) is 12.5 Å². The Morgan fingerprint density at radius 2 is 2.24 bits per heavy atom. The van der Waals surface area contributed by atoms with Gasteiger partial charge < -0.3 is 9.64 Å². The number of anilines is 1. The van der Waals surface area contributed by atoms with Crippen LogP contribution in [0.4, 0.5) is 5.13 Å². The maximum Gasteiger partial charge on any atom is 0.325 e. The lowest BCUT2D eigenvalue weighted by Crippen LogP contribution is -2.31. The third-order valence-corrected chi connectivity index (χ3v) is 3.05. The molecule has 0 saturated heterocycles. The van der Waals surface area contributed by atoms with E-state index in [0.717, 1.165) is 23.9 Å². The lowest BCUT2D eigenvalue weighted by atomic mass is 10.2. The molecule has 1 heterocycles. The van der Waals surface area contributed by atoms with Crippen molar-refractivity contribution in [2.75, 3.05) is 25.1 Å². The third-order valence-electron chi connectivity index (χ3n) is 2.26. The van der Waals surface area contributed by atoms with Gasteiger partial charge in [-0.05, 0) is 6.42 Å². The standard InChI is InChI=1S/C11H19N3O2S/c1-5-6-14(7-9(15)16-4)11-12-10(8(2)3)13-17-11/h8H,5-7H2,1-4H3. The Hall–Kier alpha value is -1.17. The average Bonchev–Trinajstić information content (AvgIpc) is 2.77. The van der Waals surface area contributed by atoms with Gasteiger partial charge in [0.05, 0.1) is 7.11 Å². The van der Waals surface area contributed by atoms with Gasteiger partial charge in [-0.25, -0.2) is 4.98 Å². The van der Waals surface area contributed by atoms with E-state index in [1.807, 2.05) is 4.90 Å². The number of hydrogen-bond acceptors (Lipinski definition) is 6. The number of ether oxygens (including phenoxy) is 1. The Labute approximate surface area is 106 Å². The summed E-state index contributed by atoms with van der Waals surface area (Å²) >= 11 is 1.34. The Bertz CT molecular complexity index is 365. The van der Waals surface area contributed by atoms with Crippen molar-refractivity contribution in [1.29, 1.82) is 0 Å². The summed E-state index contributed by atoms with van der Waals surface area (Å²) in [7, 11) is 1.39. The zero-order valence-electron chi connectivity index (χ0n) is 10.8. The van der Waals surface area contributed by atoms with Crippen molar-refractivity contribution < 1.29 is 9.53 Å². The molecule has 17 heavy (non-hydrogen) atoms. The first kappa shape index (κ1) is 13.9. The van der Waals surface area contributed by atoms with Crippen molar-refractivity contribution in [2.45, 2.75) is 33.1 Å². The van der Waals surface area contributed by atoms with Gasteiger partial charge in [0.2, 0.25) is 5.13 Å². The van der Waals surface area contributed by atoms with Gasteiger partial charge in [-0.2, -0.15) is 4.37 Å². The van der Waals surface area contributed by atoms with E-state index < -0.39 is 0 Å². The van der Waals surface area contributed by atoms with Crippen LogP contribution >= 0.6 is 11.5 Å². The first-order valence-corrected chi connectivity index (χ1v) is 6.51. The van der Waals surface area contributed by atoms with E-state index in [2.05, 4.69) is 34.9 Å². The number of methoxy groups -OCH3 is 1. The summed E-state index contributed by atoms with van der Waals surface area (Å²) in [6.45, 7) is 7.18. The molecule has 1 aromatic heterocycles. The molecule has 0 bridgehead atoms. The second kappa shape index (κ2) is 6.54. The van der Waals surface area contributed by atoms with E-state index in [0.29, 0.717) is 5.92 Å². The molecule has 1 aromatic rings. The molecular formula is C11H19N3O2S. The van der Waals surface area contributed by atoms with E-state index in [4.69, 9.17) is 0 Å². The molecule has 0 aliphatic carbocycles. The quantitative estimate of drug-likeness (QED) is 0.730. The molecular weight excluding hydrogens is 238 g/mol. The molecule has 0 fully saturated rings. The number of rotatable bonds is 6. The molecule has 96 valence electrons. The Kier molecular flexibility index (Phi) is 5.34. The summed E-state index contributed by atoms with van der Waals surface area (Å²) in [6, 6.07) is 0. The topological polar surface area (TPSA) is 55.3 Å². The normalized spacial score (nSPS) is 10.6. The molecule has 0 radical (unpaired) electrons. The van der Waals surface area contributed by atoms with Crippen LogP contribution in [0.25, 0.3) is 0 Å². The minimum atomic E-state index is -0.250. The molecule has 6 heteroatoms. The van der Waals surface area contributed by atoms with E-state index >= 15 is 0 Å². The van der Waals surface area contributed by atoms with Crippen LogP contribution in [-0.2, 0) is 9.53 Å². The fourth-order valence-electron chi connectivity index (χ4n) is 1.32. The predicted octanol–water partition coefficient (Wildman–Crippen LogP) is 2.05. The first-order chi connectivity index (χ1) is 8.08. The molecule has 0 aliphatic rings. The molecule has 0 amide bonds. The summed E-state index contributed by atoms with van der Waals surface area (Å²) in [5.41, 5.74) is 0. The molecule has 0 atom stereocenters. The summed E-state index contributed by atoms with van der Waals surface area (Å²) < 4.78 is 8.97. The van der Waals surface area contributed by atoms with Crippen molar-refractivity contribution in [1.82, 2.24) is 9.36 Å². The summed E-state index contributed by atoms with van der Waals surface area (Å²) in [4.78, 5) is 17.7. The zero-order chi connectivity index (χ0) is 12.8. The Morgan fingerprint density at radius 1 is 1.53 bits per heavy atom. The zero-order valence-corrected chi connectivity index (χ0v) is 11.6. The van der Waals surface area contributed by atoms with Crippen LogP contribution in [0.1, 0.15) is 38.9 Å². The number of esters is 1. The fourth-order valence-corrected chi connectivity index (χ4v) is 2.15. The SMILES string of the molecule is CCCN(CC(=O)OC)c1nc(C(C)C)ns1. The number of hydrogen-bond donors (Lipinski definition) is 0. The molecule has 0 unspecified atom stereocenters. The van der Waals surface area contributed by atoms with Crippen LogP contribution in [0, 0.1) is 0 Å². The predicted molar refractivity (Wildman–Crippen MR) is 68.5 cm³/mol. The van der Waals surface area contributed by atoms with E-state index in [1.165, 1.54) is 18.6 Å². The Balaban J connectivity index is 2.77. The largest absolute Gasteiger partial charge is 0.468 e. The van der Waals surface area contributed by atoms with Crippen LogP contribution < -0.4 is 4.90 Å². The second-order valence-corrected chi connectivity index (χ2v) is 4.82. The third kappa shape index (κ3) is 3.96.